The summed E-state index contributed by atoms with van der Waals surface area (Å²) in [6.07, 6.45) is 0. The summed E-state index contributed by atoms with van der Waals surface area (Å²) in [4.78, 5) is 0.135. The normalized spacial score (nSPS) is 11.7. The molecule has 2 aromatic rings. The van der Waals surface area contributed by atoms with Crippen molar-refractivity contribution in [1.82, 2.24) is 9.78 Å². The molecule has 7 heteroatoms. The zero-order chi connectivity index (χ0) is 15.1. The monoisotopic (exact) mass is 313 g/mol. The summed E-state index contributed by atoms with van der Waals surface area (Å²) in [5.41, 5.74) is 2.72. The number of hydrogen-bond acceptors (Lipinski definition) is 3. The third kappa shape index (κ3) is 2.66. The first kappa shape index (κ1) is 14.9. The molecule has 0 saturated heterocycles. The lowest BCUT2D eigenvalue weighted by Gasteiger charge is -2.09. The molecule has 0 spiro atoms. The van der Waals surface area contributed by atoms with E-state index < -0.39 is 10.0 Å². The standard InChI is InChI=1S/C13H16ClN3O2S/c1-8-5-6-11(7-12(8)14)20(18,19)16-13-9(2)15-17(4)10(13)3/h5-7,16H,1-4H3. The van der Waals surface area contributed by atoms with Crippen LogP contribution in [0.5, 0.6) is 0 Å². The fourth-order valence-corrected chi connectivity index (χ4v) is 3.30. The minimum atomic E-state index is -3.67. The molecule has 0 aliphatic carbocycles. The molecule has 0 saturated carbocycles. The van der Waals surface area contributed by atoms with Crippen molar-refractivity contribution in [1.29, 1.82) is 0 Å². The van der Waals surface area contributed by atoms with E-state index in [1.165, 1.54) is 12.1 Å². The van der Waals surface area contributed by atoms with Gasteiger partial charge >= 0.3 is 0 Å². The summed E-state index contributed by atoms with van der Waals surface area (Å²) in [5, 5.41) is 4.61. The lowest BCUT2D eigenvalue weighted by atomic mass is 10.2. The first-order valence-electron chi connectivity index (χ1n) is 6.01. The smallest absolute Gasteiger partial charge is 0.262 e. The number of aryl methyl sites for hydroxylation is 3. The molecule has 5 nitrogen and oxygen atoms in total. The Kier molecular flexibility index (Phi) is 3.80. The maximum absolute atomic E-state index is 12.4. The molecule has 0 aliphatic heterocycles. The molecule has 1 N–H and O–H groups in total. The van der Waals surface area contributed by atoms with Crippen LogP contribution in [0.1, 0.15) is 17.0 Å². The summed E-state index contributed by atoms with van der Waals surface area (Å²) in [6.45, 7) is 5.38. The van der Waals surface area contributed by atoms with Gasteiger partial charge in [-0.05, 0) is 38.5 Å². The van der Waals surface area contributed by atoms with Crippen LogP contribution >= 0.6 is 11.6 Å². The van der Waals surface area contributed by atoms with Crippen molar-refractivity contribution in [3.8, 4) is 0 Å². The number of rotatable bonds is 3. The highest BCUT2D eigenvalue weighted by Crippen LogP contribution is 2.25. The van der Waals surface area contributed by atoms with Gasteiger partial charge < -0.3 is 0 Å². The van der Waals surface area contributed by atoms with Crippen molar-refractivity contribution in [2.45, 2.75) is 25.7 Å². The van der Waals surface area contributed by atoms with E-state index in [2.05, 4.69) is 9.82 Å². The third-order valence-corrected chi connectivity index (χ3v) is 4.95. The molecule has 1 heterocycles. The second-order valence-corrected chi connectivity index (χ2v) is 6.78. The van der Waals surface area contributed by atoms with Gasteiger partial charge in [-0.1, -0.05) is 17.7 Å². The Labute approximate surface area is 123 Å². The van der Waals surface area contributed by atoms with Gasteiger partial charge in [-0.15, -0.1) is 0 Å². The molecule has 20 heavy (non-hydrogen) atoms. The molecular formula is C13H16ClN3O2S. The molecule has 108 valence electrons. The number of nitrogens with zero attached hydrogens (tertiary/aromatic N) is 2. The summed E-state index contributed by atoms with van der Waals surface area (Å²) in [6, 6.07) is 4.66. The first-order chi connectivity index (χ1) is 9.22. The van der Waals surface area contributed by atoms with Crippen molar-refractivity contribution in [2.24, 2.45) is 7.05 Å². The maximum Gasteiger partial charge on any atom is 0.262 e. The Balaban J connectivity index is 2.43. The SMILES string of the molecule is Cc1ccc(S(=O)(=O)Nc2c(C)nn(C)c2C)cc1Cl. The number of nitrogens with one attached hydrogen (secondary N) is 1. The van der Waals surface area contributed by atoms with E-state index >= 15 is 0 Å². The molecule has 1 aromatic carbocycles. The Bertz CT molecular complexity index is 766. The lowest BCUT2D eigenvalue weighted by molar-refractivity contribution is 0.601. The van der Waals surface area contributed by atoms with Crippen LogP contribution < -0.4 is 4.72 Å². The van der Waals surface area contributed by atoms with Gasteiger partial charge in [0.05, 0.1) is 22.0 Å². The van der Waals surface area contributed by atoms with Crippen molar-refractivity contribution in [2.75, 3.05) is 4.72 Å². The minimum absolute atomic E-state index is 0.135. The Morgan fingerprint density at radius 1 is 1.25 bits per heavy atom. The lowest BCUT2D eigenvalue weighted by Crippen LogP contribution is -2.14. The molecule has 0 unspecified atom stereocenters. The van der Waals surface area contributed by atoms with E-state index in [0.717, 1.165) is 11.3 Å². The van der Waals surface area contributed by atoms with Gasteiger partial charge in [0.2, 0.25) is 0 Å². The van der Waals surface area contributed by atoms with Gasteiger partial charge in [0.1, 0.15) is 0 Å². The maximum atomic E-state index is 12.4. The number of sulfonamides is 1. The summed E-state index contributed by atoms with van der Waals surface area (Å²) >= 11 is 5.98. The molecule has 2 rings (SSSR count). The fraction of sp³-hybridized carbons (Fsp3) is 0.308. The van der Waals surface area contributed by atoms with E-state index in [9.17, 15) is 8.42 Å². The number of hydrogen-bond donors (Lipinski definition) is 1. The van der Waals surface area contributed by atoms with E-state index in [1.54, 1.807) is 31.6 Å². The number of aromatic nitrogens is 2. The van der Waals surface area contributed by atoms with Crippen LogP contribution in [0, 0.1) is 20.8 Å². The highest BCUT2D eigenvalue weighted by Gasteiger charge is 2.19. The van der Waals surface area contributed by atoms with Gasteiger partial charge in [-0.3, -0.25) is 9.40 Å². The highest BCUT2D eigenvalue weighted by molar-refractivity contribution is 7.92. The largest absolute Gasteiger partial charge is 0.276 e. The molecule has 0 fully saturated rings. The number of halogens is 1. The van der Waals surface area contributed by atoms with Crippen LogP contribution in [0.3, 0.4) is 0 Å². The van der Waals surface area contributed by atoms with Crippen LogP contribution in [0.2, 0.25) is 5.02 Å². The van der Waals surface area contributed by atoms with Gasteiger partial charge in [-0.2, -0.15) is 5.10 Å². The molecule has 0 aliphatic rings. The average molecular weight is 314 g/mol. The molecule has 0 radical (unpaired) electrons. The van der Waals surface area contributed by atoms with E-state index in [-0.39, 0.29) is 4.90 Å². The van der Waals surface area contributed by atoms with E-state index in [1.807, 2.05) is 6.92 Å². The molecule has 1 aromatic heterocycles. The summed E-state index contributed by atoms with van der Waals surface area (Å²) in [7, 11) is -1.91. The van der Waals surface area contributed by atoms with Crippen molar-refractivity contribution in [3.63, 3.8) is 0 Å². The van der Waals surface area contributed by atoms with Crippen LogP contribution in [-0.4, -0.2) is 18.2 Å². The van der Waals surface area contributed by atoms with Gasteiger partial charge in [0.25, 0.3) is 10.0 Å². The van der Waals surface area contributed by atoms with Crippen LogP contribution in [-0.2, 0) is 17.1 Å². The number of anilines is 1. The van der Waals surface area contributed by atoms with Crippen LogP contribution in [0.4, 0.5) is 5.69 Å². The van der Waals surface area contributed by atoms with Crippen molar-refractivity contribution >= 4 is 27.3 Å². The Morgan fingerprint density at radius 2 is 1.90 bits per heavy atom. The predicted octanol–water partition coefficient (Wildman–Crippen LogP) is 2.80. The van der Waals surface area contributed by atoms with E-state index in [0.29, 0.717) is 16.4 Å². The van der Waals surface area contributed by atoms with E-state index in [4.69, 9.17) is 11.6 Å². The Morgan fingerprint density at radius 3 is 2.40 bits per heavy atom. The van der Waals surface area contributed by atoms with Gasteiger partial charge in [0, 0.05) is 12.1 Å². The van der Waals surface area contributed by atoms with Crippen LogP contribution in [0.15, 0.2) is 23.1 Å². The zero-order valence-corrected chi connectivity index (χ0v) is 13.3. The second-order valence-electron chi connectivity index (χ2n) is 4.69. The summed E-state index contributed by atoms with van der Waals surface area (Å²) < 4.78 is 28.9. The second kappa shape index (κ2) is 5.10. The Hall–Kier alpha value is -1.53. The predicted molar refractivity (Wildman–Crippen MR) is 79.7 cm³/mol. The topological polar surface area (TPSA) is 64.0 Å². The zero-order valence-electron chi connectivity index (χ0n) is 11.7. The van der Waals surface area contributed by atoms with Gasteiger partial charge in [0.15, 0.2) is 0 Å². The van der Waals surface area contributed by atoms with Gasteiger partial charge in [-0.25, -0.2) is 8.42 Å². The highest BCUT2D eigenvalue weighted by atomic mass is 35.5. The molecule has 0 amide bonds. The quantitative estimate of drug-likeness (QED) is 0.947. The number of benzene rings is 1. The average Bonchev–Trinajstić information content (AvgIpc) is 2.59. The molecule has 0 bridgehead atoms. The first-order valence-corrected chi connectivity index (χ1v) is 7.87. The van der Waals surface area contributed by atoms with Crippen molar-refractivity contribution < 1.29 is 8.42 Å². The minimum Gasteiger partial charge on any atom is -0.276 e. The van der Waals surface area contributed by atoms with Crippen LogP contribution in [0.25, 0.3) is 0 Å². The third-order valence-electron chi connectivity index (χ3n) is 3.20. The molecular weight excluding hydrogens is 298 g/mol. The fourth-order valence-electron chi connectivity index (χ4n) is 1.86. The van der Waals surface area contributed by atoms with Crippen molar-refractivity contribution in [3.05, 3.63) is 40.2 Å². The molecule has 0 atom stereocenters. The summed E-state index contributed by atoms with van der Waals surface area (Å²) in [5.74, 6) is 0.